The van der Waals surface area contributed by atoms with Gasteiger partial charge in [0.1, 0.15) is 0 Å². The summed E-state index contributed by atoms with van der Waals surface area (Å²) in [5, 5.41) is 5.30. The van der Waals surface area contributed by atoms with E-state index in [-0.39, 0.29) is 12.3 Å². The molecule has 0 fully saturated rings. The third kappa shape index (κ3) is 6.33. The monoisotopic (exact) mass is 418 g/mol. The molecule has 0 saturated heterocycles. The average Bonchev–Trinajstić information content (AvgIpc) is 2.58. The molecular formula is C19H19BrN2O4. The van der Waals surface area contributed by atoms with Crippen molar-refractivity contribution in [3.05, 3.63) is 58.6 Å². The van der Waals surface area contributed by atoms with Crippen molar-refractivity contribution in [3.8, 4) is 0 Å². The van der Waals surface area contributed by atoms with Gasteiger partial charge >= 0.3 is 5.97 Å². The average molecular weight is 419 g/mol. The normalized spacial score (nSPS) is 11.3. The first kappa shape index (κ1) is 19.7. The van der Waals surface area contributed by atoms with Gasteiger partial charge in [-0.25, -0.2) is 0 Å². The van der Waals surface area contributed by atoms with Crippen LogP contribution in [-0.2, 0) is 25.5 Å². The number of halogens is 1. The number of benzene rings is 2. The molecule has 1 atom stereocenters. The smallest absolute Gasteiger partial charge is 0.311 e. The van der Waals surface area contributed by atoms with Gasteiger partial charge in [-0.3, -0.25) is 14.4 Å². The highest BCUT2D eigenvalue weighted by Crippen LogP contribution is 2.15. The number of hydrogen-bond donors (Lipinski definition) is 2. The summed E-state index contributed by atoms with van der Waals surface area (Å²) in [5.41, 5.74) is 1.98. The van der Waals surface area contributed by atoms with Gasteiger partial charge in [0.15, 0.2) is 6.10 Å². The Morgan fingerprint density at radius 2 is 1.50 bits per heavy atom. The Labute approximate surface area is 160 Å². The van der Waals surface area contributed by atoms with Crippen LogP contribution in [0.5, 0.6) is 0 Å². The van der Waals surface area contributed by atoms with E-state index in [0.29, 0.717) is 11.4 Å². The van der Waals surface area contributed by atoms with Crippen LogP contribution in [0.15, 0.2) is 53.0 Å². The highest BCUT2D eigenvalue weighted by Gasteiger charge is 2.18. The van der Waals surface area contributed by atoms with E-state index in [0.717, 1.165) is 10.0 Å². The second-order valence-electron chi connectivity index (χ2n) is 5.68. The van der Waals surface area contributed by atoms with Crippen LogP contribution in [-0.4, -0.2) is 23.9 Å². The van der Waals surface area contributed by atoms with Crippen molar-refractivity contribution < 1.29 is 19.1 Å². The standard InChI is InChI=1S/C19H19BrN2O4/c1-12(26-18(24)11-14-3-5-15(20)6-4-14)19(25)22-17-9-7-16(8-10-17)21-13(2)23/h3-10,12H,11H2,1-2H3,(H,21,23)(H,22,25)/t12-/m1/s1. The zero-order chi connectivity index (χ0) is 19.1. The summed E-state index contributed by atoms with van der Waals surface area (Å²) in [4.78, 5) is 35.1. The summed E-state index contributed by atoms with van der Waals surface area (Å²) >= 11 is 3.33. The number of anilines is 2. The molecule has 2 aromatic carbocycles. The van der Waals surface area contributed by atoms with Crippen molar-refractivity contribution in [2.75, 3.05) is 10.6 Å². The van der Waals surface area contributed by atoms with E-state index in [1.165, 1.54) is 13.8 Å². The van der Waals surface area contributed by atoms with Gasteiger partial charge in [0.2, 0.25) is 5.91 Å². The fraction of sp³-hybridized carbons (Fsp3) is 0.211. The van der Waals surface area contributed by atoms with Crippen molar-refractivity contribution in [2.24, 2.45) is 0 Å². The fourth-order valence-corrected chi connectivity index (χ4v) is 2.41. The molecule has 136 valence electrons. The predicted molar refractivity (Wildman–Crippen MR) is 103 cm³/mol. The Balaban J connectivity index is 1.85. The summed E-state index contributed by atoms with van der Waals surface area (Å²) in [7, 11) is 0. The van der Waals surface area contributed by atoms with Crippen LogP contribution >= 0.6 is 15.9 Å². The molecule has 2 amide bonds. The molecule has 0 bridgehead atoms. The molecule has 0 aliphatic carbocycles. The maximum atomic E-state index is 12.1. The number of hydrogen-bond acceptors (Lipinski definition) is 4. The van der Waals surface area contributed by atoms with Crippen LogP contribution in [0.4, 0.5) is 11.4 Å². The van der Waals surface area contributed by atoms with Gasteiger partial charge in [-0.1, -0.05) is 28.1 Å². The number of carbonyl (C=O) groups excluding carboxylic acids is 3. The third-order valence-electron chi connectivity index (χ3n) is 3.41. The quantitative estimate of drug-likeness (QED) is 0.702. The zero-order valence-corrected chi connectivity index (χ0v) is 16.0. The molecule has 0 aliphatic rings. The van der Waals surface area contributed by atoms with Crippen LogP contribution in [0.1, 0.15) is 19.4 Å². The first-order chi connectivity index (χ1) is 12.3. The second-order valence-corrected chi connectivity index (χ2v) is 6.60. The molecule has 0 heterocycles. The minimum absolute atomic E-state index is 0.0936. The lowest BCUT2D eigenvalue weighted by Crippen LogP contribution is -2.30. The van der Waals surface area contributed by atoms with Gasteiger partial charge in [-0.05, 0) is 48.9 Å². The van der Waals surface area contributed by atoms with Gasteiger partial charge in [0, 0.05) is 22.8 Å². The maximum Gasteiger partial charge on any atom is 0.311 e. The largest absolute Gasteiger partial charge is 0.452 e. The number of nitrogens with one attached hydrogen (secondary N) is 2. The molecule has 2 rings (SSSR count). The van der Waals surface area contributed by atoms with Gasteiger partial charge in [-0.2, -0.15) is 0 Å². The lowest BCUT2D eigenvalue weighted by molar-refractivity contribution is -0.152. The lowest BCUT2D eigenvalue weighted by Gasteiger charge is -2.14. The molecule has 0 aromatic heterocycles. The SMILES string of the molecule is CC(=O)Nc1ccc(NC(=O)[C@@H](C)OC(=O)Cc2ccc(Br)cc2)cc1. The highest BCUT2D eigenvalue weighted by molar-refractivity contribution is 9.10. The molecule has 0 spiro atoms. The van der Waals surface area contributed by atoms with E-state index in [4.69, 9.17) is 4.74 Å². The van der Waals surface area contributed by atoms with E-state index in [1.54, 1.807) is 24.3 Å². The summed E-state index contributed by atoms with van der Waals surface area (Å²) in [6.45, 7) is 2.93. The maximum absolute atomic E-state index is 12.1. The van der Waals surface area contributed by atoms with Gasteiger partial charge in [0.25, 0.3) is 5.91 Å². The first-order valence-corrected chi connectivity index (χ1v) is 8.75. The minimum atomic E-state index is -0.923. The van der Waals surface area contributed by atoms with Crippen LogP contribution in [0.25, 0.3) is 0 Å². The summed E-state index contributed by atoms with van der Waals surface area (Å²) in [6.07, 6.45) is -0.830. The van der Waals surface area contributed by atoms with Crippen LogP contribution in [0.2, 0.25) is 0 Å². The molecule has 0 aliphatic heterocycles. The van der Waals surface area contributed by atoms with E-state index in [1.807, 2.05) is 24.3 Å². The molecule has 7 heteroatoms. The van der Waals surface area contributed by atoms with E-state index in [2.05, 4.69) is 26.6 Å². The Kier molecular flexibility index (Phi) is 6.91. The number of rotatable bonds is 6. The third-order valence-corrected chi connectivity index (χ3v) is 3.94. The minimum Gasteiger partial charge on any atom is -0.452 e. The summed E-state index contributed by atoms with van der Waals surface area (Å²) in [5.74, 6) is -1.08. The number of esters is 1. The van der Waals surface area contributed by atoms with Gasteiger partial charge < -0.3 is 15.4 Å². The van der Waals surface area contributed by atoms with E-state index in [9.17, 15) is 14.4 Å². The van der Waals surface area contributed by atoms with Crippen LogP contribution in [0, 0.1) is 0 Å². The summed E-state index contributed by atoms with van der Waals surface area (Å²) < 4.78 is 6.10. The Morgan fingerprint density at radius 1 is 0.962 bits per heavy atom. The topological polar surface area (TPSA) is 84.5 Å². The van der Waals surface area contributed by atoms with Crippen molar-refractivity contribution in [3.63, 3.8) is 0 Å². The van der Waals surface area contributed by atoms with Gasteiger partial charge in [0.05, 0.1) is 6.42 Å². The number of ether oxygens (including phenoxy) is 1. The molecular weight excluding hydrogens is 400 g/mol. The summed E-state index contributed by atoms with van der Waals surface area (Å²) in [6, 6.07) is 13.9. The highest BCUT2D eigenvalue weighted by atomic mass is 79.9. The lowest BCUT2D eigenvalue weighted by atomic mass is 10.1. The Morgan fingerprint density at radius 3 is 2.04 bits per heavy atom. The van der Waals surface area contributed by atoms with Gasteiger partial charge in [-0.15, -0.1) is 0 Å². The van der Waals surface area contributed by atoms with Crippen molar-refractivity contribution in [1.29, 1.82) is 0 Å². The molecule has 2 N–H and O–H groups in total. The van der Waals surface area contributed by atoms with Crippen molar-refractivity contribution in [2.45, 2.75) is 26.4 Å². The van der Waals surface area contributed by atoms with Crippen LogP contribution < -0.4 is 10.6 Å². The Hall–Kier alpha value is -2.67. The zero-order valence-electron chi connectivity index (χ0n) is 14.4. The van der Waals surface area contributed by atoms with E-state index >= 15 is 0 Å². The fourth-order valence-electron chi connectivity index (χ4n) is 2.15. The second kappa shape index (κ2) is 9.15. The number of carbonyl (C=O) groups is 3. The van der Waals surface area contributed by atoms with Crippen LogP contribution in [0.3, 0.4) is 0 Å². The van der Waals surface area contributed by atoms with Crippen molar-refractivity contribution in [1.82, 2.24) is 0 Å². The molecule has 6 nitrogen and oxygen atoms in total. The van der Waals surface area contributed by atoms with Crippen molar-refractivity contribution >= 4 is 45.1 Å². The number of amides is 2. The molecule has 0 unspecified atom stereocenters. The molecule has 0 radical (unpaired) electrons. The molecule has 26 heavy (non-hydrogen) atoms. The van der Waals surface area contributed by atoms with E-state index < -0.39 is 18.0 Å². The first-order valence-electron chi connectivity index (χ1n) is 7.96. The Bertz CT molecular complexity index is 788. The molecule has 0 saturated carbocycles. The molecule has 2 aromatic rings. The predicted octanol–water partition coefficient (Wildman–Crippen LogP) is 3.52.